The van der Waals surface area contributed by atoms with Gasteiger partial charge in [0.05, 0.1) is 22.1 Å². The molecule has 4 heteroatoms. The van der Waals surface area contributed by atoms with E-state index >= 15 is 0 Å². The molecule has 0 saturated carbocycles. The van der Waals surface area contributed by atoms with E-state index in [0.717, 1.165) is 16.5 Å². The SMILES string of the molecule is CCCCSc1ccc(N=C=S)cn1. The molecule has 0 radical (unpaired) electrons. The lowest BCUT2D eigenvalue weighted by Crippen LogP contribution is -1.81. The molecule has 0 aromatic carbocycles. The van der Waals surface area contributed by atoms with Gasteiger partial charge in [-0.05, 0) is 36.5 Å². The number of aliphatic imine (C=N–C) groups is 1. The molecule has 0 unspecified atom stereocenters. The van der Waals surface area contributed by atoms with Crippen LogP contribution in [0.15, 0.2) is 28.3 Å². The number of rotatable bonds is 5. The van der Waals surface area contributed by atoms with Crippen molar-refractivity contribution in [1.29, 1.82) is 0 Å². The molecule has 1 heterocycles. The number of aromatic nitrogens is 1. The Bertz CT molecular complexity index is 315. The molecule has 1 rings (SSSR count). The van der Waals surface area contributed by atoms with E-state index in [0.29, 0.717) is 0 Å². The minimum atomic E-state index is 0.764. The van der Waals surface area contributed by atoms with Crippen LogP contribution >= 0.6 is 24.0 Å². The first-order chi connectivity index (χ1) is 6.86. The second-order valence-corrected chi connectivity index (χ2v) is 4.06. The Hall–Kier alpha value is -0.700. The molecule has 74 valence electrons. The van der Waals surface area contributed by atoms with Crippen molar-refractivity contribution in [3.05, 3.63) is 18.3 Å². The molecule has 0 aliphatic carbocycles. The van der Waals surface area contributed by atoms with Gasteiger partial charge >= 0.3 is 0 Å². The van der Waals surface area contributed by atoms with Gasteiger partial charge in [-0.3, -0.25) is 0 Å². The Kier molecular flexibility index (Phi) is 5.45. The predicted octanol–water partition coefficient (Wildman–Crippen LogP) is 3.71. The van der Waals surface area contributed by atoms with Gasteiger partial charge in [-0.2, -0.15) is 4.99 Å². The van der Waals surface area contributed by atoms with Gasteiger partial charge in [0.15, 0.2) is 0 Å². The number of thiocarbonyl (C=S) groups is 1. The highest BCUT2D eigenvalue weighted by molar-refractivity contribution is 7.99. The van der Waals surface area contributed by atoms with Crippen molar-refractivity contribution in [2.75, 3.05) is 5.75 Å². The normalized spacial score (nSPS) is 9.50. The summed E-state index contributed by atoms with van der Waals surface area (Å²) in [7, 11) is 0. The van der Waals surface area contributed by atoms with Gasteiger partial charge < -0.3 is 0 Å². The van der Waals surface area contributed by atoms with Crippen molar-refractivity contribution in [1.82, 2.24) is 4.98 Å². The van der Waals surface area contributed by atoms with E-state index in [1.165, 1.54) is 12.8 Å². The molecule has 0 aliphatic heterocycles. The lowest BCUT2D eigenvalue weighted by Gasteiger charge is -1.98. The first-order valence-electron chi connectivity index (χ1n) is 4.53. The van der Waals surface area contributed by atoms with Crippen LogP contribution in [0, 0.1) is 0 Å². The summed E-state index contributed by atoms with van der Waals surface area (Å²) in [6.07, 6.45) is 4.17. The summed E-state index contributed by atoms with van der Waals surface area (Å²) in [4.78, 5) is 8.09. The molecular formula is C10H12N2S2. The number of hydrogen-bond donors (Lipinski definition) is 0. The molecule has 0 N–H and O–H groups in total. The lowest BCUT2D eigenvalue weighted by atomic mass is 10.4. The minimum absolute atomic E-state index is 0.764. The molecule has 0 amide bonds. The zero-order chi connectivity index (χ0) is 10.2. The van der Waals surface area contributed by atoms with Crippen LogP contribution in [-0.4, -0.2) is 15.9 Å². The number of isothiocyanates is 1. The van der Waals surface area contributed by atoms with Gasteiger partial charge in [-0.25, -0.2) is 4.98 Å². The Morgan fingerprint density at radius 3 is 3.00 bits per heavy atom. The van der Waals surface area contributed by atoms with Gasteiger partial charge in [-0.1, -0.05) is 13.3 Å². The third kappa shape index (κ3) is 4.01. The topological polar surface area (TPSA) is 25.2 Å². The smallest absolute Gasteiger partial charge is 0.0961 e. The zero-order valence-electron chi connectivity index (χ0n) is 8.06. The van der Waals surface area contributed by atoms with Crippen LogP contribution in [0.2, 0.25) is 0 Å². The second-order valence-electron chi connectivity index (χ2n) is 2.76. The maximum Gasteiger partial charge on any atom is 0.0961 e. The van der Waals surface area contributed by atoms with Gasteiger partial charge in [-0.15, -0.1) is 11.8 Å². The first-order valence-corrected chi connectivity index (χ1v) is 5.93. The zero-order valence-corrected chi connectivity index (χ0v) is 9.70. The number of thioether (sulfide) groups is 1. The third-order valence-corrected chi connectivity index (χ3v) is 2.76. The molecule has 0 aliphatic rings. The first kappa shape index (κ1) is 11.4. The van der Waals surface area contributed by atoms with E-state index in [1.807, 2.05) is 12.1 Å². The highest BCUT2D eigenvalue weighted by atomic mass is 32.2. The van der Waals surface area contributed by atoms with Crippen molar-refractivity contribution in [2.45, 2.75) is 24.8 Å². The maximum atomic E-state index is 4.50. The molecule has 1 aromatic heterocycles. The Labute approximate surface area is 93.9 Å². The predicted molar refractivity (Wildman–Crippen MR) is 64.6 cm³/mol. The fourth-order valence-electron chi connectivity index (χ4n) is 0.898. The van der Waals surface area contributed by atoms with Crippen LogP contribution < -0.4 is 0 Å². The van der Waals surface area contributed by atoms with Crippen LogP contribution in [0.25, 0.3) is 0 Å². The van der Waals surface area contributed by atoms with E-state index in [4.69, 9.17) is 0 Å². The third-order valence-electron chi connectivity index (χ3n) is 1.64. The highest BCUT2D eigenvalue weighted by Crippen LogP contribution is 2.19. The van der Waals surface area contributed by atoms with E-state index < -0.39 is 0 Å². The quantitative estimate of drug-likeness (QED) is 0.330. The molecule has 0 atom stereocenters. The fraction of sp³-hybridized carbons (Fsp3) is 0.400. The summed E-state index contributed by atoms with van der Waals surface area (Å²) in [5, 5.41) is 3.36. The monoisotopic (exact) mass is 224 g/mol. The van der Waals surface area contributed by atoms with Crippen molar-refractivity contribution < 1.29 is 0 Å². The molecular weight excluding hydrogens is 212 g/mol. The van der Waals surface area contributed by atoms with Crippen molar-refractivity contribution >= 4 is 34.8 Å². The molecule has 0 saturated heterocycles. The van der Waals surface area contributed by atoms with Crippen molar-refractivity contribution in [2.24, 2.45) is 4.99 Å². The number of hydrogen-bond acceptors (Lipinski definition) is 4. The van der Waals surface area contributed by atoms with Gasteiger partial charge in [0, 0.05) is 0 Å². The average Bonchev–Trinajstić information content (AvgIpc) is 2.21. The van der Waals surface area contributed by atoms with Crippen LogP contribution in [0.1, 0.15) is 19.8 Å². The van der Waals surface area contributed by atoms with Gasteiger partial charge in [0.1, 0.15) is 0 Å². The summed E-state index contributed by atoms with van der Waals surface area (Å²) in [5.41, 5.74) is 0.764. The summed E-state index contributed by atoms with van der Waals surface area (Å²) in [5.74, 6) is 1.12. The number of unbranched alkanes of at least 4 members (excludes halogenated alkanes) is 1. The standard InChI is InChI=1S/C10H12N2S2/c1-2-3-6-14-10-5-4-9(7-11-10)12-8-13/h4-5,7H,2-3,6H2,1H3. The summed E-state index contributed by atoms with van der Waals surface area (Å²) in [6, 6.07) is 3.87. The second kappa shape index (κ2) is 6.71. The van der Waals surface area contributed by atoms with Crippen molar-refractivity contribution in [3.63, 3.8) is 0 Å². The fourth-order valence-corrected chi connectivity index (χ4v) is 1.94. The molecule has 0 bridgehead atoms. The van der Waals surface area contributed by atoms with Gasteiger partial charge in [0.2, 0.25) is 0 Å². The van der Waals surface area contributed by atoms with Crippen LogP contribution in [0.5, 0.6) is 0 Å². The minimum Gasteiger partial charge on any atom is -0.248 e. The van der Waals surface area contributed by atoms with Crippen LogP contribution in [-0.2, 0) is 0 Å². The summed E-state index contributed by atoms with van der Waals surface area (Å²) < 4.78 is 0. The maximum absolute atomic E-state index is 4.50. The molecule has 1 aromatic rings. The highest BCUT2D eigenvalue weighted by Gasteiger charge is 1.95. The molecule has 14 heavy (non-hydrogen) atoms. The van der Waals surface area contributed by atoms with Gasteiger partial charge in [0.25, 0.3) is 0 Å². The largest absolute Gasteiger partial charge is 0.248 e. The van der Waals surface area contributed by atoms with Crippen LogP contribution in [0.4, 0.5) is 5.69 Å². The van der Waals surface area contributed by atoms with Crippen LogP contribution in [0.3, 0.4) is 0 Å². The average molecular weight is 224 g/mol. The van der Waals surface area contributed by atoms with E-state index in [9.17, 15) is 0 Å². The molecule has 0 spiro atoms. The molecule has 0 fully saturated rings. The van der Waals surface area contributed by atoms with Crippen molar-refractivity contribution in [3.8, 4) is 0 Å². The lowest BCUT2D eigenvalue weighted by molar-refractivity contribution is 0.894. The van der Waals surface area contributed by atoms with E-state index in [2.05, 4.69) is 34.3 Å². The molecule has 2 nitrogen and oxygen atoms in total. The Morgan fingerprint density at radius 1 is 1.57 bits per heavy atom. The Morgan fingerprint density at radius 2 is 2.43 bits per heavy atom. The van der Waals surface area contributed by atoms with E-state index in [1.54, 1.807) is 18.0 Å². The Balaban J connectivity index is 2.50. The number of pyridine rings is 1. The summed E-state index contributed by atoms with van der Waals surface area (Å²) >= 11 is 6.28. The number of nitrogens with zero attached hydrogens (tertiary/aromatic N) is 2. The van der Waals surface area contributed by atoms with E-state index in [-0.39, 0.29) is 0 Å². The summed E-state index contributed by atoms with van der Waals surface area (Å²) in [6.45, 7) is 2.19.